The van der Waals surface area contributed by atoms with Crippen LogP contribution >= 0.6 is 0 Å². The standard InChI is InChI=1S/C29H31NO2/c1-21-7-5-10-23(13-21)24-11-6-12-25(14-24)28(20-31)30-18-26-16-29(32,17-27(26)19-30)15-22-8-3-2-4-9-22/h2-14,20,26-28,32H,15-19H2,1H3/t26-,27+,28?,29?. The first-order valence-electron chi connectivity index (χ1n) is 11.7. The molecule has 3 aromatic rings. The number of hydrogen-bond acceptors (Lipinski definition) is 3. The van der Waals surface area contributed by atoms with E-state index >= 15 is 0 Å². The second-order valence-corrected chi connectivity index (χ2v) is 9.84. The van der Waals surface area contributed by atoms with E-state index in [1.165, 1.54) is 16.7 Å². The van der Waals surface area contributed by atoms with Gasteiger partial charge in [0.25, 0.3) is 0 Å². The van der Waals surface area contributed by atoms with Gasteiger partial charge in [0.2, 0.25) is 0 Å². The summed E-state index contributed by atoms with van der Waals surface area (Å²) in [5.41, 5.74) is 5.19. The lowest BCUT2D eigenvalue weighted by molar-refractivity contribution is -0.112. The van der Waals surface area contributed by atoms with Crippen LogP contribution in [0.1, 0.15) is 35.6 Å². The first kappa shape index (κ1) is 21.1. The molecule has 0 spiro atoms. The molecule has 3 heteroatoms. The number of fused-ring (bicyclic) bond motifs is 1. The molecule has 1 N–H and O–H groups in total. The Morgan fingerprint density at radius 1 is 0.938 bits per heavy atom. The summed E-state index contributed by atoms with van der Waals surface area (Å²) in [6.07, 6.45) is 3.44. The molecule has 0 bridgehead atoms. The topological polar surface area (TPSA) is 40.5 Å². The van der Waals surface area contributed by atoms with Crippen LogP contribution in [0.3, 0.4) is 0 Å². The molecule has 1 saturated carbocycles. The number of rotatable bonds is 6. The number of carbonyl (C=O) groups excluding carboxylic acids is 1. The number of nitrogens with zero attached hydrogens (tertiary/aromatic N) is 1. The zero-order valence-corrected chi connectivity index (χ0v) is 18.7. The molecule has 0 amide bonds. The van der Waals surface area contributed by atoms with Crippen LogP contribution in [0.5, 0.6) is 0 Å². The summed E-state index contributed by atoms with van der Waals surface area (Å²) in [4.78, 5) is 14.5. The fourth-order valence-corrected chi connectivity index (χ4v) is 5.95. The lowest BCUT2D eigenvalue weighted by Crippen LogP contribution is -2.34. The van der Waals surface area contributed by atoms with Crippen molar-refractivity contribution in [3.8, 4) is 11.1 Å². The van der Waals surface area contributed by atoms with Crippen LogP contribution in [0.2, 0.25) is 0 Å². The van der Waals surface area contributed by atoms with Crippen molar-refractivity contribution < 1.29 is 9.90 Å². The number of hydrogen-bond donors (Lipinski definition) is 1. The highest BCUT2D eigenvalue weighted by molar-refractivity contribution is 5.68. The third-order valence-electron chi connectivity index (χ3n) is 7.37. The number of carbonyl (C=O) groups is 1. The van der Waals surface area contributed by atoms with E-state index in [9.17, 15) is 9.90 Å². The number of likely N-dealkylation sites (tertiary alicyclic amines) is 1. The smallest absolute Gasteiger partial charge is 0.141 e. The van der Waals surface area contributed by atoms with Crippen molar-refractivity contribution in [1.29, 1.82) is 0 Å². The maximum atomic E-state index is 12.2. The lowest BCUT2D eigenvalue weighted by atomic mass is 9.91. The van der Waals surface area contributed by atoms with Gasteiger partial charge in [-0.2, -0.15) is 0 Å². The van der Waals surface area contributed by atoms with Crippen molar-refractivity contribution in [2.24, 2.45) is 11.8 Å². The van der Waals surface area contributed by atoms with Gasteiger partial charge in [-0.1, -0.05) is 78.4 Å². The molecule has 164 valence electrons. The third-order valence-corrected chi connectivity index (χ3v) is 7.37. The van der Waals surface area contributed by atoms with E-state index in [1.807, 2.05) is 18.2 Å². The van der Waals surface area contributed by atoms with Crippen molar-refractivity contribution in [3.63, 3.8) is 0 Å². The molecule has 5 rings (SSSR count). The summed E-state index contributed by atoms with van der Waals surface area (Å²) in [5, 5.41) is 11.2. The molecule has 3 aromatic carbocycles. The number of aryl methyl sites for hydroxylation is 1. The molecule has 1 aliphatic carbocycles. The van der Waals surface area contributed by atoms with E-state index in [2.05, 4.69) is 72.5 Å². The largest absolute Gasteiger partial charge is 0.390 e. The normalized spacial score (nSPS) is 26.1. The van der Waals surface area contributed by atoms with Gasteiger partial charge in [-0.3, -0.25) is 4.90 Å². The van der Waals surface area contributed by atoms with Crippen molar-refractivity contribution >= 4 is 6.29 Å². The molecule has 4 atom stereocenters. The van der Waals surface area contributed by atoms with Crippen molar-refractivity contribution in [3.05, 3.63) is 95.6 Å². The molecule has 0 aromatic heterocycles. The predicted octanol–water partition coefficient (Wildman–Crippen LogP) is 5.22. The minimum Gasteiger partial charge on any atom is -0.390 e. The summed E-state index contributed by atoms with van der Waals surface area (Å²) in [6, 6.07) is 26.9. The fraction of sp³-hybridized carbons (Fsp3) is 0.345. The van der Waals surface area contributed by atoms with Gasteiger partial charge in [-0.05, 0) is 59.9 Å². The van der Waals surface area contributed by atoms with Crippen LogP contribution in [0.25, 0.3) is 11.1 Å². The number of aldehydes is 1. The molecule has 2 unspecified atom stereocenters. The Morgan fingerprint density at radius 3 is 2.25 bits per heavy atom. The highest BCUT2D eigenvalue weighted by Crippen LogP contribution is 2.47. The van der Waals surface area contributed by atoms with Crippen molar-refractivity contribution in [1.82, 2.24) is 4.90 Å². The Morgan fingerprint density at radius 2 is 1.59 bits per heavy atom. The molecule has 1 heterocycles. The number of benzene rings is 3. The van der Waals surface area contributed by atoms with Gasteiger partial charge >= 0.3 is 0 Å². The first-order valence-corrected chi connectivity index (χ1v) is 11.7. The Hall–Kier alpha value is -2.75. The van der Waals surface area contributed by atoms with E-state index in [0.717, 1.165) is 49.8 Å². The summed E-state index contributed by atoms with van der Waals surface area (Å²) in [6.45, 7) is 3.85. The molecule has 2 aliphatic rings. The van der Waals surface area contributed by atoms with Gasteiger partial charge in [0.15, 0.2) is 0 Å². The quantitative estimate of drug-likeness (QED) is 0.551. The summed E-state index contributed by atoms with van der Waals surface area (Å²) in [7, 11) is 0. The molecule has 1 saturated heterocycles. The number of aliphatic hydroxyl groups is 1. The van der Waals surface area contributed by atoms with Gasteiger partial charge in [-0.25, -0.2) is 0 Å². The molecular weight excluding hydrogens is 394 g/mol. The summed E-state index contributed by atoms with van der Waals surface area (Å²) < 4.78 is 0. The van der Waals surface area contributed by atoms with Crippen LogP contribution in [-0.4, -0.2) is 35.0 Å². The zero-order chi connectivity index (χ0) is 22.1. The Bertz CT molecular complexity index is 1080. The third kappa shape index (κ3) is 4.28. The molecule has 1 aliphatic heterocycles. The molecule has 0 radical (unpaired) electrons. The zero-order valence-electron chi connectivity index (χ0n) is 18.7. The highest BCUT2D eigenvalue weighted by Gasteiger charge is 2.49. The fourth-order valence-electron chi connectivity index (χ4n) is 5.95. The van der Waals surface area contributed by atoms with E-state index in [4.69, 9.17) is 0 Å². The molecular formula is C29H31NO2. The highest BCUT2D eigenvalue weighted by atomic mass is 16.3. The molecule has 32 heavy (non-hydrogen) atoms. The second kappa shape index (κ2) is 8.65. The first-order chi connectivity index (χ1) is 15.5. The van der Waals surface area contributed by atoms with Crippen molar-refractivity contribution in [2.75, 3.05) is 13.1 Å². The minimum absolute atomic E-state index is 0.229. The van der Waals surface area contributed by atoms with Gasteiger partial charge in [-0.15, -0.1) is 0 Å². The Balaban J connectivity index is 1.29. The average Bonchev–Trinajstić information content (AvgIpc) is 3.30. The molecule has 3 nitrogen and oxygen atoms in total. The van der Waals surface area contributed by atoms with Gasteiger partial charge in [0.1, 0.15) is 6.29 Å². The lowest BCUT2D eigenvalue weighted by Gasteiger charge is -2.28. The van der Waals surface area contributed by atoms with Gasteiger partial charge < -0.3 is 9.90 Å². The maximum absolute atomic E-state index is 12.2. The van der Waals surface area contributed by atoms with Crippen molar-refractivity contribution in [2.45, 2.75) is 37.8 Å². The van der Waals surface area contributed by atoms with Gasteiger partial charge in [0, 0.05) is 19.5 Å². The Labute approximate surface area is 190 Å². The van der Waals surface area contributed by atoms with Crippen LogP contribution in [0.4, 0.5) is 0 Å². The van der Waals surface area contributed by atoms with Crippen LogP contribution in [-0.2, 0) is 11.2 Å². The predicted molar refractivity (Wildman–Crippen MR) is 128 cm³/mol. The summed E-state index contributed by atoms with van der Waals surface area (Å²) in [5.74, 6) is 0.900. The van der Waals surface area contributed by atoms with Crippen LogP contribution in [0.15, 0.2) is 78.9 Å². The minimum atomic E-state index is -0.620. The SMILES string of the molecule is Cc1cccc(-c2cccc(C(C=O)N3C[C@@H]4CC(O)(Cc5ccccc5)C[C@@H]4C3)c2)c1. The monoisotopic (exact) mass is 425 g/mol. The van der Waals surface area contributed by atoms with E-state index in [0.29, 0.717) is 11.8 Å². The van der Waals surface area contributed by atoms with E-state index in [-0.39, 0.29) is 6.04 Å². The van der Waals surface area contributed by atoms with Gasteiger partial charge in [0.05, 0.1) is 11.6 Å². The van der Waals surface area contributed by atoms with E-state index in [1.54, 1.807) is 0 Å². The van der Waals surface area contributed by atoms with Crippen LogP contribution in [0, 0.1) is 18.8 Å². The van der Waals surface area contributed by atoms with Crippen LogP contribution < -0.4 is 0 Å². The van der Waals surface area contributed by atoms with E-state index < -0.39 is 5.60 Å². The second-order valence-electron chi connectivity index (χ2n) is 9.84. The molecule has 2 fully saturated rings. The summed E-state index contributed by atoms with van der Waals surface area (Å²) >= 11 is 0. The maximum Gasteiger partial charge on any atom is 0.141 e. The Kier molecular flexibility index (Phi) is 5.71. The average molecular weight is 426 g/mol.